The van der Waals surface area contributed by atoms with Crippen molar-refractivity contribution >= 4 is 35.3 Å². The number of alkyl halides is 3. The van der Waals surface area contributed by atoms with E-state index in [0.717, 1.165) is 11.8 Å². The Bertz CT molecular complexity index is 1080. The van der Waals surface area contributed by atoms with Crippen LogP contribution < -0.4 is 20.7 Å². The highest BCUT2D eigenvalue weighted by Crippen LogP contribution is 2.26. The van der Waals surface area contributed by atoms with Crippen LogP contribution >= 0.6 is 11.8 Å². The Labute approximate surface area is 185 Å². The van der Waals surface area contributed by atoms with Crippen LogP contribution in [0, 0.1) is 0 Å². The normalized spacial score (nSPS) is 11.4. The highest BCUT2D eigenvalue weighted by atomic mass is 32.2. The third kappa shape index (κ3) is 6.12. The summed E-state index contributed by atoms with van der Waals surface area (Å²) in [7, 11) is 0. The molecule has 3 N–H and O–H groups in total. The Morgan fingerprint density at radius 2 is 1.88 bits per heavy atom. The van der Waals surface area contributed by atoms with E-state index in [1.807, 2.05) is 13.8 Å². The van der Waals surface area contributed by atoms with E-state index in [2.05, 4.69) is 40.9 Å². The molecule has 1 aromatic carbocycles. The number of carbonyl (C=O) groups excluding carboxylic acids is 1. The standard InChI is InChI=1S/C18H21F3N8O2S/c1-3-22-14-25-15(23-4-2)29-16(26-14)27-28-17(29)32-10-13(30)24-9-11-7-5-6-8-12(11)31-18(19,20)21/h5-8H,3-4,9-10H2,1-2H3,(H,24,30)(H2,22,23,25,26,27). The molecule has 0 saturated carbocycles. The number of halogens is 3. The number of fused-ring (bicyclic) bond motifs is 1. The summed E-state index contributed by atoms with van der Waals surface area (Å²) in [4.78, 5) is 20.9. The Morgan fingerprint density at radius 3 is 2.59 bits per heavy atom. The van der Waals surface area contributed by atoms with Crippen molar-refractivity contribution in [2.75, 3.05) is 29.5 Å². The second kappa shape index (κ2) is 10.3. The molecule has 32 heavy (non-hydrogen) atoms. The molecule has 0 aliphatic rings. The lowest BCUT2D eigenvalue weighted by Gasteiger charge is -2.13. The molecule has 0 radical (unpaired) electrons. The Balaban J connectivity index is 1.66. The van der Waals surface area contributed by atoms with E-state index in [9.17, 15) is 18.0 Å². The average molecular weight is 470 g/mol. The number of aromatic nitrogens is 5. The van der Waals surface area contributed by atoms with Crippen LogP contribution in [0.2, 0.25) is 0 Å². The van der Waals surface area contributed by atoms with Gasteiger partial charge in [-0.05, 0) is 19.9 Å². The van der Waals surface area contributed by atoms with Gasteiger partial charge in [0, 0.05) is 25.2 Å². The molecule has 172 valence electrons. The maximum atomic E-state index is 12.5. The highest BCUT2D eigenvalue weighted by molar-refractivity contribution is 7.99. The molecule has 2 aromatic heterocycles. The molecular formula is C18H21F3N8O2S. The SMILES string of the molecule is CCNc1nc(NCC)n2c(SCC(=O)NCc3ccccc3OC(F)(F)F)nnc2n1. The molecule has 3 aromatic rings. The van der Waals surface area contributed by atoms with Gasteiger partial charge in [0.2, 0.25) is 17.8 Å². The fourth-order valence-electron chi connectivity index (χ4n) is 2.65. The molecule has 2 heterocycles. The van der Waals surface area contributed by atoms with Gasteiger partial charge in [0.25, 0.3) is 5.78 Å². The number of benzene rings is 1. The monoisotopic (exact) mass is 470 g/mol. The van der Waals surface area contributed by atoms with Crippen molar-refractivity contribution in [1.29, 1.82) is 0 Å². The van der Waals surface area contributed by atoms with Gasteiger partial charge in [0.1, 0.15) is 5.75 Å². The number of anilines is 2. The maximum Gasteiger partial charge on any atom is 0.573 e. The summed E-state index contributed by atoms with van der Waals surface area (Å²) in [6.45, 7) is 4.93. The Hall–Kier alpha value is -3.29. The van der Waals surface area contributed by atoms with Crippen LogP contribution in [0.1, 0.15) is 19.4 Å². The number of para-hydroxylation sites is 1. The van der Waals surface area contributed by atoms with E-state index in [1.54, 1.807) is 10.5 Å². The second-order valence-corrected chi connectivity index (χ2v) is 7.21. The molecule has 0 bridgehead atoms. The topological polar surface area (TPSA) is 118 Å². The fraction of sp³-hybridized carbons (Fsp3) is 0.389. The van der Waals surface area contributed by atoms with Crippen LogP contribution in [0.3, 0.4) is 0 Å². The molecule has 0 atom stereocenters. The van der Waals surface area contributed by atoms with Gasteiger partial charge in [0.15, 0.2) is 5.16 Å². The van der Waals surface area contributed by atoms with E-state index in [1.165, 1.54) is 18.2 Å². The van der Waals surface area contributed by atoms with E-state index in [-0.39, 0.29) is 23.6 Å². The smallest absolute Gasteiger partial charge is 0.405 e. The summed E-state index contributed by atoms with van der Waals surface area (Å²) in [5, 5.41) is 17.2. The predicted octanol–water partition coefficient (Wildman–Crippen LogP) is 2.69. The quantitative estimate of drug-likeness (QED) is 0.384. The van der Waals surface area contributed by atoms with Crippen molar-refractivity contribution in [2.45, 2.75) is 31.9 Å². The van der Waals surface area contributed by atoms with Gasteiger partial charge in [-0.15, -0.1) is 23.4 Å². The third-order valence-electron chi connectivity index (χ3n) is 3.92. The molecule has 14 heteroatoms. The lowest BCUT2D eigenvalue weighted by atomic mass is 10.2. The van der Waals surface area contributed by atoms with Gasteiger partial charge in [-0.3, -0.25) is 4.79 Å². The van der Waals surface area contributed by atoms with E-state index in [4.69, 9.17) is 0 Å². The second-order valence-electron chi connectivity index (χ2n) is 6.27. The van der Waals surface area contributed by atoms with Crippen molar-refractivity contribution in [1.82, 2.24) is 29.9 Å². The first-order valence-corrected chi connectivity index (χ1v) is 10.6. The average Bonchev–Trinajstić information content (AvgIpc) is 3.14. The van der Waals surface area contributed by atoms with Crippen molar-refractivity contribution in [3.63, 3.8) is 0 Å². The summed E-state index contributed by atoms with van der Waals surface area (Å²) in [6, 6.07) is 5.62. The molecule has 0 unspecified atom stereocenters. The van der Waals surface area contributed by atoms with Crippen molar-refractivity contribution < 1.29 is 22.7 Å². The number of nitrogens with zero attached hydrogens (tertiary/aromatic N) is 5. The van der Waals surface area contributed by atoms with Gasteiger partial charge >= 0.3 is 6.36 Å². The van der Waals surface area contributed by atoms with Crippen molar-refractivity contribution in [3.05, 3.63) is 29.8 Å². The number of thioether (sulfide) groups is 1. The maximum absolute atomic E-state index is 12.5. The number of nitrogens with one attached hydrogen (secondary N) is 3. The minimum absolute atomic E-state index is 0.0381. The molecule has 3 rings (SSSR count). The fourth-order valence-corrected chi connectivity index (χ4v) is 3.40. The van der Waals surface area contributed by atoms with Gasteiger partial charge in [-0.1, -0.05) is 30.0 Å². The van der Waals surface area contributed by atoms with Crippen molar-refractivity contribution in [3.8, 4) is 5.75 Å². The number of carbonyl (C=O) groups is 1. The Morgan fingerprint density at radius 1 is 1.12 bits per heavy atom. The zero-order valence-electron chi connectivity index (χ0n) is 17.2. The van der Waals surface area contributed by atoms with Crippen LogP contribution in [0.5, 0.6) is 5.75 Å². The summed E-state index contributed by atoms with van der Waals surface area (Å²) in [5.41, 5.74) is 0.204. The van der Waals surface area contributed by atoms with Crippen LogP contribution in [0.25, 0.3) is 5.78 Å². The molecular weight excluding hydrogens is 449 g/mol. The summed E-state index contributed by atoms with van der Waals surface area (Å²) in [5.74, 6) is 0.387. The molecule has 0 fully saturated rings. The van der Waals surface area contributed by atoms with E-state index < -0.39 is 12.3 Å². The first-order chi connectivity index (χ1) is 15.3. The summed E-state index contributed by atoms with van der Waals surface area (Å²) >= 11 is 1.10. The first-order valence-electron chi connectivity index (χ1n) is 9.64. The lowest BCUT2D eigenvalue weighted by Crippen LogP contribution is -2.26. The molecule has 1 amide bonds. The zero-order valence-corrected chi connectivity index (χ0v) is 18.0. The minimum atomic E-state index is -4.82. The van der Waals surface area contributed by atoms with Crippen LogP contribution in [0.4, 0.5) is 25.1 Å². The number of rotatable bonds is 10. The lowest BCUT2D eigenvalue weighted by molar-refractivity contribution is -0.274. The molecule has 0 saturated heterocycles. The highest BCUT2D eigenvalue weighted by Gasteiger charge is 2.32. The summed E-state index contributed by atoms with van der Waals surface area (Å²) < 4.78 is 43.2. The van der Waals surface area contributed by atoms with Gasteiger partial charge in [-0.25, -0.2) is 4.40 Å². The minimum Gasteiger partial charge on any atom is -0.405 e. The molecule has 10 nitrogen and oxygen atoms in total. The largest absolute Gasteiger partial charge is 0.573 e. The van der Waals surface area contributed by atoms with E-state index >= 15 is 0 Å². The number of ether oxygens (including phenoxy) is 1. The van der Waals surface area contributed by atoms with Gasteiger partial charge in [-0.2, -0.15) is 9.97 Å². The van der Waals surface area contributed by atoms with Crippen LogP contribution in [0.15, 0.2) is 29.4 Å². The van der Waals surface area contributed by atoms with Gasteiger partial charge < -0.3 is 20.7 Å². The van der Waals surface area contributed by atoms with Gasteiger partial charge in [0.05, 0.1) is 5.75 Å². The molecule has 0 spiro atoms. The zero-order chi connectivity index (χ0) is 23.1. The summed E-state index contributed by atoms with van der Waals surface area (Å²) in [6.07, 6.45) is -4.82. The Kier molecular flexibility index (Phi) is 7.56. The number of hydrogen-bond donors (Lipinski definition) is 3. The number of hydrogen-bond acceptors (Lipinski definition) is 9. The third-order valence-corrected chi connectivity index (χ3v) is 4.85. The van der Waals surface area contributed by atoms with Crippen LogP contribution in [-0.4, -0.2) is 55.7 Å². The first kappa shape index (κ1) is 23.4. The molecule has 0 aliphatic carbocycles. The number of amides is 1. The van der Waals surface area contributed by atoms with Crippen molar-refractivity contribution in [2.24, 2.45) is 0 Å². The van der Waals surface area contributed by atoms with Crippen LogP contribution in [-0.2, 0) is 11.3 Å². The predicted molar refractivity (Wildman–Crippen MR) is 113 cm³/mol. The van der Waals surface area contributed by atoms with E-state index in [0.29, 0.717) is 35.9 Å². The molecule has 0 aliphatic heterocycles.